The topological polar surface area (TPSA) is 66.8 Å². The number of fused-ring (bicyclic) bond motifs is 5. The first-order valence-corrected chi connectivity index (χ1v) is 10.8. The lowest BCUT2D eigenvalue weighted by atomic mass is 9.43. The van der Waals surface area contributed by atoms with Gasteiger partial charge in [0.15, 0.2) is 0 Å². The third-order valence-electron chi connectivity index (χ3n) is 9.21. The molecule has 4 heteroatoms. The van der Waals surface area contributed by atoms with Crippen molar-refractivity contribution in [2.45, 2.75) is 84.3 Å². The average molecular weight is 365 g/mol. The second-order valence-electron chi connectivity index (χ2n) is 10.3. The van der Waals surface area contributed by atoms with Gasteiger partial charge >= 0.3 is 5.97 Å². The highest BCUT2D eigenvalue weighted by molar-refractivity contribution is 5.65. The number of rotatable bonds is 2. The average Bonchev–Trinajstić information content (AvgIpc) is 2.90. The molecule has 0 saturated heterocycles. The number of aliphatic hydroxyl groups excluding tert-OH is 2. The molecule has 148 valence electrons. The summed E-state index contributed by atoms with van der Waals surface area (Å²) in [5.74, 6) is 2.60. The van der Waals surface area contributed by atoms with Gasteiger partial charge in [-0.1, -0.05) is 13.8 Å². The summed E-state index contributed by atoms with van der Waals surface area (Å²) in [7, 11) is 0. The number of esters is 1. The molecule has 0 bridgehead atoms. The molecule has 4 aliphatic carbocycles. The van der Waals surface area contributed by atoms with Crippen molar-refractivity contribution in [3.05, 3.63) is 0 Å². The Hall–Kier alpha value is -0.610. The van der Waals surface area contributed by atoms with Crippen LogP contribution in [-0.4, -0.2) is 35.0 Å². The zero-order valence-electron chi connectivity index (χ0n) is 16.6. The van der Waals surface area contributed by atoms with E-state index in [4.69, 9.17) is 4.74 Å². The standard InChI is InChI=1S/C22H36O4/c1-13-10-16-17-4-5-20(25)21(17,3)8-7-18(16)22(12-26-14(2)23)9-6-15(24)11-19(13)22/h13,15-20,24-25H,4-12H2,1-3H3/t13?,15?,16-,17-,18+,19?,20?,21-,22-/m0/s1. The lowest BCUT2D eigenvalue weighted by Crippen LogP contribution is -2.59. The Morgan fingerprint density at radius 3 is 2.54 bits per heavy atom. The summed E-state index contributed by atoms with van der Waals surface area (Å²) >= 11 is 0. The summed E-state index contributed by atoms with van der Waals surface area (Å²) < 4.78 is 5.66. The number of hydrogen-bond acceptors (Lipinski definition) is 4. The number of hydrogen-bond donors (Lipinski definition) is 2. The molecule has 4 fully saturated rings. The zero-order chi connectivity index (χ0) is 18.7. The van der Waals surface area contributed by atoms with E-state index < -0.39 is 0 Å². The van der Waals surface area contributed by atoms with Gasteiger partial charge in [-0.05, 0) is 86.4 Å². The molecule has 0 heterocycles. The zero-order valence-corrected chi connectivity index (χ0v) is 16.6. The van der Waals surface area contributed by atoms with Gasteiger partial charge in [-0.25, -0.2) is 0 Å². The van der Waals surface area contributed by atoms with E-state index in [-0.39, 0.29) is 29.0 Å². The Morgan fingerprint density at radius 1 is 1.04 bits per heavy atom. The predicted molar refractivity (Wildman–Crippen MR) is 99.2 cm³/mol. The molecule has 4 unspecified atom stereocenters. The highest BCUT2D eigenvalue weighted by Crippen LogP contribution is 2.67. The van der Waals surface area contributed by atoms with Crippen LogP contribution in [-0.2, 0) is 9.53 Å². The van der Waals surface area contributed by atoms with Gasteiger partial charge in [0, 0.05) is 12.3 Å². The minimum absolute atomic E-state index is 0.0299. The Balaban J connectivity index is 1.69. The van der Waals surface area contributed by atoms with Crippen molar-refractivity contribution in [2.24, 2.45) is 40.4 Å². The van der Waals surface area contributed by atoms with E-state index in [0.717, 1.165) is 44.9 Å². The fourth-order valence-corrected chi connectivity index (χ4v) is 7.94. The van der Waals surface area contributed by atoms with Crippen molar-refractivity contribution in [3.63, 3.8) is 0 Å². The van der Waals surface area contributed by atoms with Crippen LogP contribution >= 0.6 is 0 Å². The van der Waals surface area contributed by atoms with Crippen LogP contribution in [0.4, 0.5) is 0 Å². The Morgan fingerprint density at radius 2 is 1.81 bits per heavy atom. The molecule has 0 aromatic rings. The van der Waals surface area contributed by atoms with Crippen LogP contribution in [0.2, 0.25) is 0 Å². The van der Waals surface area contributed by atoms with Crippen LogP contribution in [0.15, 0.2) is 0 Å². The summed E-state index contributed by atoms with van der Waals surface area (Å²) in [4.78, 5) is 11.6. The molecule has 4 rings (SSSR count). The minimum Gasteiger partial charge on any atom is -0.465 e. The SMILES string of the molecule is CC(=O)OC[C@]12CCC(O)CC1C(C)C[C@@H]1[C@H]2CC[C@]2(C)C(O)CC[C@@H]12. The van der Waals surface area contributed by atoms with Crippen molar-refractivity contribution in [2.75, 3.05) is 6.61 Å². The van der Waals surface area contributed by atoms with E-state index in [0.29, 0.717) is 36.2 Å². The molecule has 26 heavy (non-hydrogen) atoms. The second-order valence-corrected chi connectivity index (χ2v) is 10.3. The number of carbonyl (C=O) groups excluding carboxylic acids is 1. The van der Waals surface area contributed by atoms with Gasteiger partial charge in [0.25, 0.3) is 0 Å². The number of carbonyl (C=O) groups is 1. The maximum Gasteiger partial charge on any atom is 0.302 e. The maximum atomic E-state index is 11.6. The molecule has 2 N–H and O–H groups in total. The second kappa shape index (κ2) is 6.48. The van der Waals surface area contributed by atoms with Crippen molar-refractivity contribution < 1.29 is 19.7 Å². The summed E-state index contributed by atoms with van der Waals surface area (Å²) in [6, 6.07) is 0. The largest absolute Gasteiger partial charge is 0.465 e. The summed E-state index contributed by atoms with van der Waals surface area (Å²) in [5.41, 5.74) is 0.104. The van der Waals surface area contributed by atoms with Gasteiger partial charge in [-0.3, -0.25) is 4.79 Å². The smallest absolute Gasteiger partial charge is 0.302 e. The molecule has 0 aromatic heterocycles. The van der Waals surface area contributed by atoms with Crippen molar-refractivity contribution in [1.29, 1.82) is 0 Å². The van der Waals surface area contributed by atoms with Gasteiger partial charge < -0.3 is 14.9 Å². The fourth-order valence-electron chi connectivity index (χ4n) is 7.94. The van der Waals surface area contributed by atoms with Crippen LogP contribution in [0.1, 0.15) is 72.1 Å². The lowest BCUT2D eigenvalue weighted by Gasteiger charge is -2.63. The molecule has 4 nitrogen and oxygen atoms in total. The quantitative estimate of drug-likeness (QED) is 0.736. The first-order valence-electron chi connectivity index (χ1n) is 10.8. The van der Waals surface area contributed by atoms with Gasteiger partial charge in [-0.2, -0.15) is 0 Å². The molecule has 4 aliphatic rings. The third kappa shape index (κ3) is 2.66. The van der Waals surface area contributed by atoms with Crippen LogP contribution < -0.4 is 0 Å². The van der Waals surface area contributed by atoms with E-state index in [1.807, 2.05) is 0 Å². The molecule has 4 saturated carbocycles. The third-order valence-corrected chi connectivity index (χ3v) is 9.21. The van der Waals surface area contributed by atoms with Gasteiger partial charge in [0.2, 0.25) is 0 Å². The first-order chi connectivity index (χ1) is 12.3. The van der Waals surface area contributed by atoms with Crippen LogP contribution in [0.3, 0.4) is 0 Å². The molecule has 0 spiro atoms. The van der Waals surface area contributed by atoms with E-state index in [1.54, 1.807) is 0 Å². The maximum absolute atomic E-state index is 11.6. The summed E-state index contributed by atoms with van der Waals surface area (Å²) in [5, 5.41) is 21.0. The number of aliphatic hydroxyl groups is 2. The summed E-state index contributed by atoms with van der Waals surface area (Å²) in [6.45, 7) is 6.69. The molecule has 0 aromatic carbocycles. The Kier molecular flexibility index (Phi) is 4.67. The van der Waals surface area contributed by atoms with E-state index in [9.17, 15) is 15.0 Å². The molecule has 9 atom stereocenters. The van der Waals surface area contributed by atoms with Crippen molar-refractivity contribution in [1.82, 2.24) is 0 Å². The highest BCUT2D eigenvalue weighted by atomic mass is 16.5. The fraction of sp³-hybridized carbons (Fsp3) is 0.955. The van der Waals surface area contributed by atoms with Crippen molar-refractivity contribution in [3.8, 4) is 0 Å². The lowest BCUT2D eigenvalue weighted by molar-refractivity contribution is -0.188. The normalized spacial score (nSPS) is 53.3. The van der Waals surface area contributed by atoms with Gasteiger partial charge in [0.1, 0.15) is 0 Å². The Bertz CT molecular complexity index is 562. The van der Waals surface area contributed by atoms with E-state index in [1.165, 1.54) is 13.3 Å². The van der Waals surface area contributed by atoms with Gasteiger partial charge in [0.05, 0.1) is 18.8 Å². The first kappa shape index (κ1) is 18.7. The predicted octanol–water partition coefficient (Wildman–Crippen LogP) is 3.54. The highest BCUT2D eigenvalue weighted by Gasteiger charge is 2.63. The van der Waals surface area contributed by atoms with Crippen molar-refractivity contribution >= 4 is 5.97 Å². The number of ether oxygens (including phenoxy) is 1. The van der Waals surface area contributed by atoms with E-state index >= 15 is 0 Å². The molecule has 0 aliphatic heterocycles. The molecule has 0 radical (unpaired) electrons. The van der Waals surface area contributed by atoms with Gasteiger partial charge in [-0.15, -0.1) is 0 Å². The molecule has 0 amide bonds. The van der Waals surface area contributed by atoms with E-state index in [2.05, 4.69) is 13.8 Å². The van der Waals surface area contributed by atoms with Crippen LogP contribution in [0.5, 0.6) is 0 Å². The summed E-state index contributed by atoms with van der Waals surface area (Å²) in [6.07, 6.45) is 7.82. The van der Waals surface area contributed by atoms with Crippen LogP contribution in [0, 0.1) is 40.4 Å². The molecular weight excluding hydrogens is 328 g/mol. The van der Waals surface area contributed by atoms with Crippen LogP contribution in [0.25, 0.3) is 0 Å². The minimum atomic E-state index is -0.202. The Labute approximate surface area is 157 Å². The monoisotopic (exact) mass is 364 g/mol. The molecular formula is C22H36O4.